The van der Waals surface area contributed by atoms with Crippen LogP contribution in [0.15, 0.2) is 17.8 Å². The lowest BCUT2D eigenvalue weighted by molar-refractivity contribution is -0.175. The number of thiophene rings is 1. The molecule has 1 aromatic rings. The molecule has 0 aromatic carbocycles. The Bertz CT molecular complexity index is 1070. The van der Waals surface area contributed by atoms with Gasteiger partial charge in [0, 0.05) is 17.5 Å². The summed E-state index contributed by atoms with van der Waals surface area (Å²) in [5.74, 6) is -2.05. The van der Waals surface area contributed by atoms with Crippen LogP contribution in [-0.4, -0.2) is 63.0 Å². The standard InChI is InChI=1S/C24H34N2O7SSi/c1-13(33-35(6,7)8)18-15-11-14(16-9-10-17(34-16)20(27)25-5)19(26(15)21(18)28)22(29)31-12-32-23(30)24(2,3)4/h9-10,13,15,18H,11-12H2,1-8H3,(H,25,27). The molecule has 3 rings (SSSR count). The minimum atomic E-state index is -1.88. The van der Waals surface area contributed by atoms with E-state index in [0.717, 1.165) is 0 Å². The van der Waals surface area contributed by atoms with Crippen LogP contribution < -0.4 is 5.32 Å². The topological polar surface area (TPSA) is 111 Å². The first-order chi connectivity index (χ1) is 16.2. The number of amides is 2. The molecule has 35 heavy (non-hydrogen) atoms. The molecule has 1 saturated heterocycles. The molecule has 9 nitrogen and oxygen atoms in total. The van der Waals surface area contributed by atoms with Gasteiger partial charge in [-0.05, 0) is 65.9 Å². The van der Waals surface area contributed by atoms with Crippen molar-refractivity contribution in [2.45, 2.75) is 65.9 Å². The van der Waals surface area contributed by atoms with E-state index in [-0.39, 0.29) is 35.6 Å². The van der Waals surface area contributed by atoms with E-state index in [4.69, 9.17) is 13.9 Å². The van der Waals surface area contributed by atoms with Crippen molar-refractivity contribution in [1.82, 2.24) is 10.2 Å². The second-order valence-corrected chi connectivity index (χ2v) is 16.3. The van der Waals surface area contributed by atoms with Crippen molar-refractivity contribution in [2.24, 2.45) is 11.3 Å². The van der Waals surface area contributed by atoms with E-state index >= 15 is 0 Å². The Labute approximate surface area is 210 Å². The molecule has 1 N–H and O–H groups in total. The van der Waals surface area contributed by atoms with E-state index in [1.54, 1.807) is 40.0 Å². The van der Waals surface area contributed by atoms with Crippen LogP contribution in [0.4, 0.5) is 0 Å². The van der Waals surface area contributed by atoms with Gasteiger partial charge in [-0.25, -0.2) is 4.79 Å². The van der Waals surface area contributed by atoms with E-state index < -0.39 is 32.5 Å². The summed E-state index contributed by atoms with van der Waals surface area (Å²) in [5, 5.41) is 2.59. The van der Waals surface area contributed by atoms with Crippen LogP contribution in [0.5, 0.6) is 0 Å². The highest BCUT2D eigenvalue weighted by Gasteiger charge is 2.58. The third-order valence-corrected chi connectivity index (χ3v) is 8.02. The molecule has 0 saturated carbocycles. The number of nitrogens with one attached hydrogen (secondary N) is 1. The third kappa shape index (κ3) is 5.67. The van der Waals surface area contributed by atoms with Crippen LogP contribution in [0.2, 0.25) is 19.6 Å². The van der Waals surface area contributed by atoms with Gasteiger partial charge in [-0.3, -0.25) is 14.4 Å². The lowest BCUT2D eigenvalue weighted by atomic mass is 9.83. The average Bonchev–Trinajstić information content (AvgIpc) is 3.34. The van der Waals surface area contributed by atoms with Gasteiger partial charge >= 0.3 is 11.9 Å². The molecule has 3 heterocycles. The largest absolute Gasteiger partial charge is 0.427 e. The molecule has 3 atom stereocenters. The van der Waals surface area contributed by atoms with Gasteiger partial charge in [0.05, 0.1) is 28.4 Å². The van der Waals surface area contributed by atoms with Crippen molar-refractivity contribution in [3.05, 3.63) is 27.6 Å². The molecule has 2 aliphatic rings. The van der Waals surface area contributed by atoms with Crippen molar-refractivity contribution in [3.63, 3.8) is 0 Å². The summed E-state index contributed by atoms with van der Waals surface area (Å²) < 4.78 is 16.5. The van der Waals surface area contributed by atoms with E-state index in [2.05, 4.69) is 25.0 Å². The lowest BCUT2D eigenvalue weighted by Gasteiger charge is -2.47. The molecule has 11 heteroatoms. The molecule has 1 fully saturated rings. The summed E-state index contributed by atoms with van der Waals surface area (Å²) in [6.07, 6.45) is 0.153. The molecular weight excluding hydrogens is 488 g/mol. The Kier molecular flexibility index (Phi) is 7.63. The minimum absolute atomic E-state index is 0.133. The van der Waals surface area contributed by atoms with Crippen LogP contribution in [0.1, 0.15) is 48.7 Å². The fourth-order valence-electron chi connectivity index (χ4n) is 4.26. The number of carbonyl (C=O) groups excluding carboxylic acids is 4. The number of β-lactam (4-membered cyclic amide) rings is 1. The highest BCUT2D eigenvalue weighted by molar-refractivity contribution is 7.15. The van der Waals surface area contributed by atoms with Gasteiger partial charge in [0.1, 0.15) is 5.70 Å². The van der Waals surface area contributed by atoms with Gasteiger partial charge in [0.15, 0.2) is 8.32 Å². The van der Waals surface area contributed by atoms with Gasteiger partial charge in [0.25, 0.3) is 5.91 Å². The van der Waals surface area contributed by atoms with Gasteiger partial charge in [0.2, 0.25) is 12.7 Å². The number of nitrogens with zero attached hydrogens (tertiary/aromatic N) is 1. The Morgan fingerprint density at radius 2 is 1.86 bits per heavy atom. The molecule has 0 aliphatic carbocycles. The van der Waals surface area contributed by atoms with E-state index in [1.165, 1.54) is 16.2 Å². The van der Waals surface area contributed by atoms with E-state index in [0.29, 0.717) is 21.7 Å². The maximum Gasteiger partial charge on any atom is 0.358 e. The van der Waals surface area contributed by atoms with Crippen molar-refractivity contribution < 1.29 is 33.1 Å². The Morgan fingerprint density at radius 3 is 2.43 bits per heavy atom. The summed E-state index contributed by atoms with van der Waals surface area (Å²) in [5.41, 5.74) is 0.0299. The predicted molar refractivity (Wildman–Crippen MR) is 134 cm³/mol. The zero-order valence-corrected chi connectivity index (χ0v) is 23.3. The number of fused-ring (bicyclic) bond motifs is 1. The third-order valence-electron chi connectivity index (χ3n) is 5.79. The highest BCUT2D eigenvalue weighted by atomic mass is 32.1. The fourth-order valence-corrected chi connectivity index (χ4v) is 6.53. The van der Waals surface area contributed by atoms with Gasteiger partial charge in [-0.2, -0.15) is 0 Å². The molecular formula is C24H34N2O7SSi. The first-order valence-corrected chi connectivity index (χ1v) is 15.8. The second kappa shape index (κ2) is 9.86. The van der Waals surface area contributed by atoms with Crippen LogP contribution in [0, 0.1) is 11.3 Å². The van der Waals surface area contributed by atoms with Gasteiger partial charge < -0.3 is 24.1 Å². The number of hydrogen-bond acceptors (Lipinski definition) is 8. The molecule has 0 spiro atoms. The first-order valence-electron chi connectivity index (χ1n) is 11.6. The summed E-state index contributed by atoms with van der Waals surface area (Å²) in [6, 6.07) is 3.21. The first kappa shape index (κ1) is 27.1. The SMILES string of the molecule is CNC(=O)c1ccc(C2=C(C(=O)OCOC(=O)C(C)(C)C)N3C(=O)C(C(C)O[Si](C)(C)C)C3C2)s1. The summed E-state index contributed by atoms with van der Waals surface area (Å²) >= 11 is 1.24. The Morgan fingerprint density at radius 1 is 1.20 bits per heavy atom. The smallest absolute Gasteiger partial charge is 0.358 e. The predicted octanol–water partition coefficient (Wildman–Crippen LogP) is 3.38. The van der Waals surface area contributed by atoms with Crippen LogP contribution >= 0.6 is 11.3 Å². The number of ether oxygens (including phenoxy) is 2. The molecule has 192 valence electrons. The van der Waals surface area contributed by atoms with Crippen molar-refractivity contribution in [2.75, 3.05) is 13.8 Å². The highest BCUT2D eigenvalue weighted by Crippen LogP contribution is 2.49. The Balaban J connectivity index is 1.87. The molecule has 2 amide bonds. The summed E-state index contributed by atoms with van der Waals surface area (Å²) in [6.45, 7) is 12.6. The van der Waals surface area contributed by atoms with Crippen LogP contribution in [0.25, 0.3) is 5.57 Å². The normalized spacial score (nSPS) is 20.8. The van der Waals surface area contributed by atoms with Crippen molar-refractivity contribution >= 4 is 49.0 Å². The molecule has 1 aromatic heterocycles. The quantitative estimate of drug-likeness (QED) is 0.241. The molecule has 3 unspecified atom stereocenters. The molecule has 2 aliphatic heterocycles. The molecule has 0 bridgehead atoms. The fraction of sp³-hybridized carbons (Fsp3) is 0.583. The number of esters is 2. The zero-order chi connectivity index (χ0) is 26.3. The number of carbonyl (C=O) groups is 4. The van der Waals surface area contributed by atoms with Gasteiger partial charge in [-0.15, -0.1) is 11.3 Å². The maximum absolute atomic E-state index is 13.2. The molecule has 0 radical (unpaired) electrons. The lowest BCUT2D eigenvalue weighted by Crippen LogP contribution is -2.63. The zero-order valence-electron chi connectivity index (χ0n) is 21.5. The van der Waals surface area contributed by atoms with E-state index in [9.17, 15) is 19.2 Å². The van der Waals surface area contributed by atoms with E-state index in [1.807, 2.05) is 6.92 Å². The summed E-state index contributed by atoms with van der Waals surface area (Å²) in [4.78, 5) is 53.1. The Hall–Kier alpha value is -2.50. The number of rotatable bonds is 8. The van der Waals surface area contributed by atoms with Crippen molar-refractivity contribution in [1.29, 1.82) is 0 Å². The summed E-state index contributed by atoms with van der Waals surface area (Å²) in [7, 11) is -0.334. The number of hydrogen-bond donors (Lipinski definition) is 1. The van der Waals surface area contributed by atoms with Crippen LogP contribution in [-0.2, 0) is 28.3 Å². The average molecular weight is 523 g/mol. The second-order valence-electron chi connectivity index (χ2n) is 10.7. The monoisotopic (exact) mass is 522 g/mol. The van der Waals surface area contributed by atoms with Crippen molar-refractivity contribution in [3.8, 4) is 0 Å². The van der Waals surface area contributed by atoms with Gasteiger partial charge in [-0.1, -0.05) is 0 Å². The minimum Gasteiger partial charge on any atom is -0.427 e. The van der Waals surface area contributed by atoms with Crippen LogP contribution in [0.3, 0.4) is 0 Å². The maximum atomic E-state index is 13.2.